The fraction of sp³-hybridized carbons (Fsp3) is 0.333. The van der Waals surface area contributed by atoms with Gasteiger partial charge in [-0.2, -0.15) is 0 Å². The molecule has 1 aromatic heterocycles. The first kappa shape index (κ1) is 20.5. The van der Waals surface area contributed by atoms with Gasteiger partial charge < -0.3 is 15.2 Å². The molecule has 1 saturated carbocycles. The third-order valence-corrected chi connectivity index (χ3v) is 6.55. The third kappa shape index (κ3) is 5.05. The normalized spacial score (nSPS) is 14.1. The van der Waals surface area contributed by atoms with E-state index in [4.69, 9.17) is 0 Å². The van der Waals surface area contributed by atoms with Gasteiger partial charge in [0.25, 0.3) is 5.91 Å². The second kappa shape index (κ2) is 9.85. The maximum absolute atomic E-state index is 12.3. The molecule has 0 radical (unpaired) electrons. The van der Waals surface area contributed by atoms with E-state index in [-0.39, 0.29) is 11.8 Å². The van der Waals surface area contributed by atoms with Gasteiger partial charge in [0.15, 0.2) is 0 Å². The molecule has 156 valence electrons. The van der Waals surface area contributed by atoms with E-state index in [2.05, 4.69) is 33.5 Å². The number of para-hydroxylation sites is 1. The molecule has 1 fully saturated rings. The molecule has 4 rings (SSSR count). The van der Waals surface area contributed by atoms with Gasteiger partial charge >= 0.3 is 0 Å². The van der Waals surface area contributed by atoms with Crippen molar-refractivity contribution < 1.29 is 9.59 Å². The second-order valence-corrected chi connectivity index (χ2v) is 8.68. The molecule has 1 aliphatic carbocycles. The van der Waals surface area contributed by atoms with Gasteiger partial charge in [-0.05, 0) is 31.0 Å². The smallest absolute Gasteiger partial charge is 0.251 e. The van der Waals surface area contributed by atoms with Crippen molar-refractivity contribution in [2.45, 2.75) is 43.2 Å². The summed E-state index contributed by atoms with van der Waals surface area (Å²) in [6.45, 7) is 1.21. The summed E-state index contributed by atoms with van der Waals surface area (Å²) >= 11 is 1.58. The number of carbonyl (C=O) groups is 2. The number of hydrogen-bond acceptors (Lipinski definition) is 3. The fourth-order valence-corrected chi connectivity index (χ4v) is 4.88. The van der Waals surface area contributed by atoms with Gasteiger partial charge in [-0.1, -0.05) is 49.2 Å². The van der Waals surface area contributed by atoms with Crippen LogP contribution in [-0.4, -0.2) is 34.7 Å². The number of carbonyl (C=O) groups excluding carboxylic acids is 2. The van der Waals surface area contributed by atoms with E-state index < -0.39 is 0 Å². The van der Waals surface area contributed by atoms with Crippen LogP contribution in [0, 0.1) is 0 Å². The number of rotatable bonds is 8. The summed E-state index contributed by atoms with van der Waals surface area (Å²) in [6.07, 6.45) is 6.72. The number of aromatic nitrogens is 1. The summed E-state index contributed by atoms with van der Waals surface area (Å²) in [6, 6.07) is 17.8. The molecule has 0 aliphatic heterocycles. The Morgan fingerprint density at radius 3 is 2.53 bits per heavy atom. The molecule has 0 unspecified atom stereocenters. The lowest BCUT2D eigenvalue weighted by atomic mass is 10.2. The Morgan fingerprint density at radius 1 is 1.00 bits per heavy atom. The number of hydrogen-bond donors (Lipinski definition) is 2. The lowest BCUT2D eigenvalue weighted by Gasteiger charge is -2.11. The zero-order chi connectivity index (χ0) is 20.8. The summed E-state index contributed by atoms with van der Waals surface area (Å²) in [5.41, 5.74) is 1.78. The molecule has 5 nitrogen and oxygen atoms in total. The van der Waals surface area contributed by atoms with Crippen LogP contribution in [0.5, 0.6) is 0 Å². The van der Waals surface area contributed by atoms with Gasteiger partial charge in [0.1, 0.15) is 0 Å². The van der Waals surface area contributed by atoms with Gasteiger partial charge in [-0.3, -0.25) is 9.59 Å². The van der Waals surface area contributed by atoms with Gasteiger partial charge in [-0.25, -0.2) is 0 Å². The zero-order valence-corrected chi connectivity index (χ0v) is 17.8. The molecule has 30 heavy (non-hydrogen) atoms. The molecule has 0 atom stereocenters. The van der Waals surface area contributed by atoms with Crippen molar-refractivity contribution in [1.29, 1.82) is 0 Å². The van der Waals surface area contributed by atoms with E-state index in [0.717, 1.165) is 28.6 Å². The highest BCUT2D eigenvalue weighted by Crippen LogP contribution is 2.30. The van der Waals surface area contributed by atoms with Crippen molar-refractivity contribution in [2.75, 3.05) is 12.3 Å². The first-order chi connectivity index (χ1) is 14.7. The second-order valence-electron chi connectivity index (χ2n) is 7.66. The molecule has 2 aromatic carbocycles. The van der Waals surface area contributed by atoms with E-state index in [1.54, 1.807) is 11.8 Å². The van der Waals surface area contributed by atoms with Crippen molar-refractivity contribution in [3.63, 3.8) is 0 Å². The van der Waals surface area contributed by atoms with Crippen LogP contribution in [0.1, 0.15) is 36.0 Å². The van der Waals surface area contributed by atoms with Crippen LogP contribution in [-0.2, 0) is 11.3 Å². The van der Waals surface area contributed by atoms with Crippen molar-refractivity contribution in [3.05, 3.63) is 66.4 Å². The number of benzene rings is 2. The summed E-state index contributed by atoms with van der Waals surface area (Å²) < 4.78 is 2.15. The molecular formula is C24H27N3O2S. The minimum absolute atomic E-state index is 0.0646. The molecule has 6 heteroatoms. The standard InChI is InChI=1S/C24H27N3O2S/c28-23(26-19-10-4-5-11-19)17-30-22-16-27(21-13-7-6-12-20(21)22)15-14-25-24(29)18-8-2-1-3-9-18/h1-3,6-9,12-13,16,19H,4-5,10-11,14-15,17H2,(H,25,29)(H,26,28). The fourth-order valence-electron chi connectivity index (χ4n) is 3.98. The number of nitrogens with zero attached hydrogens (tertiary/aromatic N) is 1. The van der Waals surface area contributed by atoms with Gasteiger partial charge in [0.05, 0.1) is 5.75 Å². The Balaban J connectivity index is 1.36. The predicted molar refractivity (Wildman–Crippen MR) is 122 cm³/mol. The van der Waals surface area contributed by atoms with Crippen LogP contribution >= 0.6 is 11.8 Å². The first-order valence-corrected chi connectivity index (χ1v) is 11.5. The topological polar surface area (TPSA) is 63.1 Å². The average Bonchev–Trinajstić information content (AvgIpc) is 3.41. The lowest BCUT2D eigenvalue weighted by Crippen LogP contribution is -2.33. The third-order valence-electron chi connectivity index (χ3n) is 5.51. The van der Waals surface area contributed by atoms with Gasteiger partial charge in [0, 0.05) is 46.7 Å². The first-order valence-electron chi connectivity index (χ1n) is 10.5. The largest absolute Gasteiger partial charge is 0.353 e. The van der Waals surface area contributed by atoms with E-state index in [1.165, 1.54) is 12.8 Å². The number of fused-ring (bicyclic) bond motifs is 1. The van der Waals surface area contributed by atoms with E-state index in [1.807, 2.05) is 42.5 Å². The molecule has 0 spiro atoms. The molecule has 2 N–H and O–H groups in total. The highest BCUT2D eigenvalue weighted by molar-refractivity contribution is 8.00. The van der Waals surface area contributed by atoms with Gasteiger partial charge in [0.2, 0.25) is 5.91 Å². The van der Waals surface area contributed by atoms with E-state index in [9.17, 15) is 9.59 Å². The van der Waals surface area contributed by atoms with Crippen LogP contribution in [0.15, 0.2) is 65.7 Å². The Kier molecular flexibility index (Phi) is 6.74. The highest BCUT2D eigenvalue weighted by Gasteiger charge is 2.18. The molecular weight excluding hydrogens is 394 g/mol. The Morgan fingerprint density at radius 2 is 1.73 bits per heavy atom. The van der Waals surface area contributed by atoms with Crippen LogP contribution in [0.4, 0.5) is 0 Å². The quantitative estimate of drug-likeness (QED) is 0.535. The van der Waals surface area contributed by atoms with Crippen LogP contribution in [0.25, 0.3) is 10.9 Å². The molecule has 2 amide bonds. The number of nitrogens with one attached hydrogen (secondary N) is 2. The van der Waals surface area contributed by atoms with Gasteiger partial charge in [-0.15, -0.1) is 11.8 Å². The van der Waals surface area contributed by atoms with E-state index >= 15 is 0 Å². The van der Waals surface area contributed by atoms with Crippen molar-refractivity contribution in [3.8, 4) is 0 Å². The molecule has 0 bridgehead atoms. The van der Waals surface area contributed by atoms with E-state index in [0.29, 0.717) is 30.4 Å². The summed E-state index contributed by atoms with van der Waals surface area (Å²) in [5, 5.41) is 7.28. The van der Waals surface area contributed by atoms with Crippen molar-refractivity contribution >= 4 is 34.5 Å². The summed E-state index contributed by atoms with van der Waals surface area (Å²) in [4.78, 5) is 25.7. The summed E-state index contributed by atoms with van der Waals surface area (Å²) in [7, 11) is 0. The Bertz CT molecular complexity index is 1010. The SMILES string of the molecule is O=C(CSc1cn(CCNC(=O)c2ccccc2)c2ccccc12)NC1CCCC1. The minimum atomic E-state index is -0.0646. The van der Waals surface area contributed by atoms with Crippen LogP contribution in [0.3, 0.4) is 0 Å². The number of amides is 2. The lowest BCUT2D eigenvalue weighted by molar-refractivity contribution is -0.119. The van der Waals surface area contributed by atoms with Crippen LogP contribution in [0.2, 0.25) is 0 Å². The maximum Gasteiger partial charge on any atom is 0.251 e. The summed E-state index contributed by atoms with van der Waals surface area (Å²) in [5.74, 6) is 0.471. The molecule has 1 heterocycles. The Hall–Kier alpha value is -2.73. The van der Waals surface area contributed by atoms with Crippen molar-refractivity contribution in [2.24, 2.45) is 0 Å². The van der Waals surface area contributed by atoms with Crippen molar-refractivity contribution in [1.82, 2.24) is 15.2 Å². The molecule has 3 aromatic rings. The highest BCUT2D eigenvalue weighted by atomic mass is 32.2. The minimum Gasteiger partial charge on any atom is -0.353 e. The molecule has 0 saturated heterocycles. The monoisotopic (exact) mass is 421 g/mol. The molecule has 1 aliphatic rings. The zero-order valence-electron chi connectivity index (χ0n) is 17.0. The maximum atomic E-state index is 12.3. The van der Waals surface area contributed by atoms with Crippen LogP contribution < -0.4 is 10.6 Å². The predicted octanol–water partition coefficient (Wildman–Crippen LogP) is 4.22. The number of thioether (sulfide) groups is 1. The Labute approximate surface area is 181 Å². The average molecular weight is 422 g/mol.